The molecule has 0 aliphatic rings. The number of hydrogen-bond donors (Lipinski definition) is 1. The van der Waals surface area contributed by atoms with Crippen LogP contribution in [0.4, 0.5) is 0 Å². The van der Waals surface area contributed by atoms with Gasteiger partial charge in [0.2, 0.25) is 0 Å². The van der Waals surface area contributed by atoms with E-state index in [1.165, 1.54) is 11.8 Å². The summed E-state index contributed by atoms with van der Waals surface area (Å²) in [6, 6.07) is 0. The Kier molecular flexibility index (Phi) is 7.29. The number of esters is 1. The monoisotopic (exact) mass is 192 g/mol. The zero-order valence-corrected chi connectivity index (χ0v) is 8.39. The van der Waals surface area contributed by atoms with E-state index in [-0.39, 0.29) is 18.7 Å². The Hall–Kier alpha value is -0.220. The zero-order valence-electron chi connectivity index (χ0n) is 7.58. The summed E-state index contributed by atoms with van der Waals surface area (Å²) in [5, 5.41) is 8.45. The lowest BCUT2D eigenvalue weighted by molar-refractivity contribution is -0.144. The highest BCUT2D eigenvalue weighted by atomic mass is 32.2. The van der Waals surface area contributed by atoms with E-state index in [1.54, 1.807) is 0 Å². The third-order valence-electron chi connectivity index (χ3n) is 1.03. The van der Waals surface area contributed by atoms with Crippen LogP contribution >= 0.6 is 11.8 Å². The Morgan fingerprint density at radius 2 is 2.25 bits per heavy atom. The van der Waals surface area contributed by atoms with Gasteiger partial charge in [0.25, 0.3) is 0 Å². The lowest BCUT2D eigenvalue weighted by Crippen LogP contribution is -2.13. The fourth-order valence-electron chi connectivity index (χ4n) is 0.619. The molecule has 0 rings (SSSR count). The predicted octanol–water partition coefficient (Wildman–Crippen LogP) is 1.05. The molecule has 12 heavy (non-hydrogen) atoms. The molecule has 4 heteroatoms. The van der Waals surface area contributed by atoms with Gasteiger partial charge in [-0.3, -0.25) is 4.79 Å². The van der Waals surface area contributed by atoms with Crippen LogP contribution in [0.3, 0.4) is 0 Å². The summed E-state index contributed by atoms with van der Waals surface area (Å²) in [5.41, 5.74) is 0. The number of rotatable bonds is 6. The van der Waals surface area contributed by atoms with Crippen molar-refractivity contribution in [2.75, 3.05) is 18.1 Å². The second-order valence-corrected chi connectivity index (χ2v) is 3.77. The first-order chi connectivity index (χ1) is 5.66. The highest BCUT2D eigenvalue weighted by molar-refractivity contribution is 7.99. The fourth-order valence-corrected chi connectivity index (χ4v) is 1.33. The van der Waals surface area contributed by atoms with Crippen LogP contribution < -0.4 is 0 Å². The summed E-state index contributed by atoms with van der Waals surface area (Å²) in [6.45, 7) is 3.85. The topological polar surface area (TPSA) is 46.5 Å². The van der Waals surface area contributed by atoms with Gasteiger partial charge < -0.3 is 9.84 Å². The Morgan fingerprint density at radius 1 is 1.58 bits per heavy atom. The Morgan fingerprint density at radius 3 is 2.75 bits per heavy atom. The molecule has 0 aromatic carbocycles. The van der Waals surface area contributed by atoms with E-state index in [2.05, 4.69) is 0 Å². The van der Waals surface area contributed by atoms with Crippen LogP contribution in [0.25, 0.3) is 0 Å². The first-order valence-corrected chi connectivity index (χ1v) is 5.20. The first kappa shape index (κ1) is 11.8. The van der Waals surface area contributed by atoms with E-state index in [1.807, 2.05) is 13.8 Å². The molecule has 0 aliphatic carbocycles. The van der Waals surface area contributed by atoms with Gasteiger partial charge in [0.05, 0.1) is 11.9 Å². The molecule has 0 aromatic heterocycles. The molecule has 0 saturated carbocycles. The third kappa shape index (κ3) is 7.88. The molecule has 72 valence electrons. The summed E-state index contributed by atoms with van der Waals surface area (Å²) < 4.78 is 4.91. The fraction of sp³-hybridized carbons (Fsp3) is 0.875. The smallest absolute Gasteiger partial charge is 0.316 e. The van der Waals surface area contributed by atoms with Crippen molar-refractivity contribution in [1.82, 2.24) is 0 Å². The van der Waals surface area contributed by atoms with Crippen LogP contribution in [0.1, 0.15) is 20.3 Å². The van der Waals surface area contributed by atoms with Gasteiger partial charge in [-0.25, -0.2) is 0 Å². The van der Waals surface area contributed by atoms with Crippen molar-refractivity contribution in [3.8, 4) is 0 Å². The highest BCUT2D eigenvalue weighted by Crippen LogP contribution is 2.03. The molecular formula is C8H16O3S. The van der Waals surface area contributed by atoms with Gasteiger partial charge in [-0.1, -0.05) is 0 Å². The van der Waals surface area contributed by atoms with E-state index in [4.69, 9.17) is 9.84 Å². The van der Waals surface area contributed by atoms with E-state index < -0.39 is 0 Å². The third-order valence-corrected chi connectivity index (χ3v) is 2.05. The zero-order chi connectivity index (χ0) is 9.40. The van der Waals surface area contributed by atoms with E-state index in [0.29, 0.717) is 5.75 Å². The van der Waals surface area contributed by atoms with Crippen LogP contribution in [0, 0.1) is 0 Å². The van der Waals surface area contributed by atoms with Crippen molar-refractivity contribution in [3.63, 3.8) is 0 Å². The number of ether oxygens (including phenoxy) is 1. The molecule has 0 atom stereocenters. The van der Waals surface area contributed by atoms with Gasteiger partial charge in [0.1, 0.15) is 0 Å². The minimum absolute atomic E-state index is 0.0315. The molecule has 0 spiro atoms. The summed E-state index contributed by atoms with van der Waals surface area (Å²) >= 11 is 1.49. The van der Waals surface area contributed by atoms with Crippen molar-refractivity contribution in [1.29, 1.82) is 0 Å². The van der Waals surface area contributed by atoms with Gasteiger partial charge in [0, 0.05) is 6.61 Å². The van der Waals surface area contributed by atoms with Gasteiger partial charge in [-0.05, 0) is 26.0 Å². The van der Waals surface area contributed by atoms with Gasteiger partial charge in [0.15, 0.2) is 0 Å². The number of carbonyl (C=O) groups excluding carboxylic acids is 1. The molecule has 0 fully saturated rings. The maximum Gasteiger partial charge on any atom is 0.316 e. The Balaban J connectivity index is 3.20. The second-order valence-electron chi connectivity index (χ2n) is 2.67. The van der Waals surface area contributed by atoms with E-state index >= 15 is 0 Å². The quantitative estimate of drug-likeness (QED) is 0.505. The Bertz CT molecular complexity index is 125. The number of aliphatic hydroxyl groups excluding tert-OH is 1. The molecule has 0 saturated heterocycles. The second kappa shape index (κ2) is 7.43. The molecule has 3 nitrogen and oxygen atoms in total. The largest absolute Gasteiger partial charge is 0.462 e. The van der Waals surface area contributed by atoms with Crippen LogP contribution in [-0.4, -0.2) is 35.3 Å². The first-order valence-electron chi connectivity index (χ1n) is 4.05. The van der Waals surface area contributed by atoms with Gasteiger partial charge >= 0.3 is 5.97 Å². The SMILES string of the molecule is CC(C)OC(=O)CSCCCO. The van der Waals surface area contributed by atoms with Gasteiger partial charge in [-0.15, -0.1) is 0 Å². The minimum atomic E-state index is -0.173. The van der Waals surface area contributed by atoms with Crippen LogP contribution in [0.2, 0.25) is 0 Å². The van der Waals surface area contributed by atoms with Crippen molar-refractivity contribution >= 4 is 17.7 Å². The minimum Gasteiger partial charge on any atom is -0.462 e. The van der Waals surface area contributed by atoms with Crippen molar-refractivity contribution < 1.29 is 14.6 Å². The molecular weight excluding hydrogens is 176 g/mol. The number of aliphatic hydroxyl groups is 1. The summed E-state index contributed by atoms with van der Waals surface area (Å²) in [4.78, 5) is 10.9. The van der Waals surface area contributed by atoms with Crippen molar-refractivity contribution in [3.05, 3.63) is 0 Å². The van der Waals surface area contributed by atoms with E-state index in [9.17, 15) is 4.79 Å². The molecule has 0 aliphatic heterocycles. The lowest BCUT2D eigenvalue weighted by Gasteiger charge is -2.06. The highest BCUT2D eigenvalue weighted by Gasteiger charge is 2.04. The average molecular weight is 192 g/mol. The molecule has 0 amide bonds. The van der Waals surface area contributed by atoms with Crippen molar-refractivity contribution in [2.24, 2.45) is 0 Å². The number of hydrogen-bond acceptors (Lipinski definition) is 4. The molecule has 0 unspecified atom stereocenters. The maximum atomic E-state index is 10.9. The molecule has 0 heterocycles. The summed E-state index contributed by atoms with van der Waals surface area (Å²) in [7, 11) is 0. The van der Waals surface area contributed by atoms with Crippen LogP contribution in [-0.2, 0) is 9.53 Å². The van der Waals surface area contributed by atoms with Crippen LogP contribution in [0.5, 0.6) is 0 Å². The maximum absolute atomic E-state index is 10.9. The molecule has 0 bridgehead atoms. The molecule has 0 radical (unpaired) electrons. The standard InChI is InChI=1S/C8H16O3S/c1-7(2)11-8(10)6-12-5-3-4-9/h7,9H,3-6H2,1-2H3. The van der Waals surface area contributed by atoms with Crippen LogP contribution in [0.15, 0.2) is 0 Å². The number of carbonyl (C=O) groups is 1. The lowest BCUT2D eigenvalue weighted by atomic mass is 10.5. The number of thioether (sulfide) groups is 1. The predicted molar refractivity (Wildman–Crippen MR) is 50.3 cm³/mol. The summed E-state index contributed by atoms with van der Waals surface area (Å²) in [5.74, 6) is 1.02. The van der Waals surface area contributed by atoms with Crippen molar-refractivity contribution in [2.45, 2.75) is 26.4 Å². The summed E-state index contributed by atoms with van der Waals surface area (Å²) in [6.07, 6.45) is 0.704. The van der Waals surface area contributed by atoms with Gasteiger partial charge in [-0.2, -0.15) is 11.8 Å². The molecule has 1 N–H and O–H groups in total. The average Bonchev–Trinajstić information content (AvgIpc) is 1.97. The van der Waals surface area contributed by atoms with E-state index in [0.717, 1.165) is 12.2 Å². The molecule has 0 aromatic rings. The normalized spacial score (nSPS) is 10.3. The Labute approximate surface area is 77.5 Å².